The molecule has 0 aliphatic rings. The number of hydrogen-bond donors (Lipinski definition) is 1. The van der Waals surface area contributed by atoms with Gasteiger partial charge in [-0.2, -0.15) is 0 Å². The van der Waals surface area contributed by atoms with Gasteiger partial charge in [-0.3, -0.25) is 4.79 Å². The first-order valence-corrected chi connectivity index (χ1v) is 7.53. The zero-order valence-corrected chi connectivity index (χ0v) is 12.9. The fourth-order valence-electron chi connectivity index (χ4n) is 2.09. The molecule has 0 aliphatic carbocycles. The van der Waals surface area contributed by atoms with Crippen LogP contribution < -0.4 is 10.1 Å². The van der Waals surface area contributed by atoms with Gasteiger partial charge >= 0.3 is 0 Å². The fourth-order valence-corrected chi connectivity index (χ4v) is 2.09. The third kappa shape index (κ3) is 5.36. The van der Waals surface area contributed by atoms with Crippen molar-refractivity contribution in [2.45, 2.75) is 25.9 Å². The minimum absolute atomic E-state index is 0.223. The van der Waals surface area contributed by atoms with Crippen LogP contribution in [-0.4, -0.2) is 18.6 Å². The van der Waals surface area contributed by atoms with Crippen LogP contribution in [0.2, 0.25) is 0 Å². The fraction of sp³-hybridized carbons (Fsp3) is 0.278. The predicted octanol–water partition coefficient (Wildman–Crippen LogP) is 3.48. The van der Waals surface area contributed by atoms with Gasteiger partial charge in [0.1, 0.15) is 17.4 Å². The van der Waals surface area contributed by atoms with E-state index in [1.807, 2.05) is 6.92 Å². The average molecular weight is 319 g/mol. The topological polar surface area (TPSA) is 38.3 Å². The largest absolute Gasteiger partial charge is 0.481 e. The second-order valence-corrected chi connectivity index (χ2v) is 5.14. The Morgan fingerprint density at radius 3 is 2.17 bits per heavy atom. The van der Waals surface area contributed by atoms with E-state index in [0.29, 0.717) is 25.1 Å². The molecule has 5 heteroatoms. The lowest BCUT2D eigenvalue weighted by molar-refractivity contribution is -0.128. The molecular formula is C18H19F2NO2. The normalized spacial score (nSPS) is 11.8. The highest BCUT2D eigenvalue weighted by atomic mass is 19.1. The Hall–Kier alpha value is -2.43. The Morgan fingerprint density at radius 2 is 1.61 bits per heavy atom. The van der Waals surface area contributed by atoms with Crippen molar-refractivity contribution in [3.8, 4) is 5.75 Å². The Labute approximate surface area is 134 Å². The van der Waals surface area contributed by atoms with Gasteiger partial charge in [-0.25, -0.2) is 8.78 Å². The maximum absolute atomic E-state index is 12.9. The van der Waals surface area contributed by atoms with E-state index in [4.69, 9.17) is 4.74 Å². The van der Waals surface area contributed by atoms with Gasteiger partial charge in [0.15, 0.2) is 6.10 Å². The monoisotopic (exact) mass is 319 g/mol. The first-order valence-electron chi connectivity index (χ1n) is 7.53. The van der Waals surface area contributed by atoms with Gasteiger partial charge in [0.25, 0.3) is 5.91 Å². The number of nitrogens with one attached hydrogen (secondary N) is 1. The highest BCUT2D eigenvalue weighted by molar-refractivity contribution is 5.81. The molecule has 1 atom stereocenters. The maximum Gasteiger partial charge on any atom is 0.261 e. The summed E-state index contributed by atoms with van der Waals surface area (Å²) >= 11 is 0. The number of ether oxygens (including phenoxy) is 1. The van der Waals surface area contributed by atoms with Crippen LogP contribution in [0.25, 0.3) is 0 Å². The summed E-state index contributed by atoms with van der Waals surface area (Å²) in [7, 11) is 0. The van der Waals surface area contributed by atoms with Crippen LogP contribution >= 0.6 is 0 Å². The number of carbonyl (C=O) groups is 1. The first-order chi connectivity index (χ1) is 11.1. The van der Waals surface area contributed by atoms with Crippen LogP contribution in [0.1, 0.15) is 18.9 Å². The molecule has 0 aromatic heterocycles. The Bertz CT molecular complexity index is 626. The van der Waals surface area contributed by atoms with Crippen molar-refractivity contribution in [2.24, 2.45) is 0 Å². The molecule has 0 aliphatic heterocycles. The van der Waals surface area contributed by atoms with E-state index in [-0.39, 0.29) is 17.5 Å². The quantitative estimate of drug-likeness (QED) is 0.848. The van der Waals surface area contributed by atoms with Crippen molar-refractivity contribution in [3.05, 3.63) is 65.7 Å². The molecule has 1 N–H and O–H groups in total. The van der Waals surface area contributed by atoms with E-state index in [9.17, 15) is 13.6 Å². The summed E-state index contributed by atoms with van der Waals surface area (Å²) in [5.41, 5.74) is 0.944. The summed E-state index contributed by atoms with van der Waals surface area (Å²) in [5, 5.41) is 2.80. The standard InChI is InChI=1S/C18H19F2NO2/c1-2-17(23-16-9-7-15(20)8-10-16)18(22)21-12-11-13-3-5-14(19)6-4-13/h3-10,17H,2,11-12H2,1H3,(H,21,22)/t17-/m0/s1. The highest BCUT2D eigenvalue weighted by Gasteiger charge is 2.17. The van der Waals surface area contributed by atoms with E-state index in [1.54, 1.807) is 12.1 Å². The van der Waals surface area contributed by atoms with Crippen LogP contribution in [0.15, 0.2) is 48.5 Å². The third-order valence-corrected chi connectivity index (χ3v) is 3.38. The first kappa shape index (κ1) is 16.9. The van der Waals surface area contributed by atoms with Gasteiger partial charge in [0, 0.05) is 6.54 Å². The highest BCUT2D eigenvalue weighted by Crippen LogP contribution is 2.14. The van der Waals surface area contributed by atoms with Crippen molar-refractivity contribution in [3.63, 3.8) is 0 Å². The number of amides is 1. The Kier molecular flexibility index (Phi) is 6.09. The molecule has 0 spiro atoms. The minimum atomic E-state index is -0.631. The SMILES string of the molecule is CC[C@H](Oc1ccc(F)cc1)C(=O)NCCc1ccc(F)cc1. The molecule has 0 bridgehead atoms. The molecule has 0 heterocycles. The lowest BCUT2D eigenvalue weighted by Crippen LogP contribution is -2.38. The minimum Gasteiger partial charge on any atom is -0.481 e. The van der Waals surface area contributed by atoms with Crippen LogP contribution in [0.4, 0.5) is 8.78 Å². The van der Waals surface area contributed by atoms with E-state index >= 15 is 0 Å². The van der Waals surface area contributed by atoms with Crippen LogP contribution in [0.5, 0.6) is 5.75 Å². The second kappa shape index (κ2) is 8.27. The molecule has 0 saturated heterocycles. The molecule has 2 aromatic carbocycles. The number of hydrogen-bond acceptors (Lipinski definition) is 2. The van der Waals surface area contributed by atoms with Crippen molar-refractivity contribution in [1.82, 2.24) is 5.32 Å². The molecule has 0 unspecified atom stereocenters. The lowest BCUT2D eigenvalue weighted by atomic mass is 10.1. The van der Waals surface area contributed by atoms with Crippen molar-refractivity contribution in [1.29, 1.82) is 0 Å². The van der Waals surface area contributed by atoms with Crippen molar-refractivity contribution in [2.75, 3.05) is 6.54 Å². The van der Waals surface area contributed by atoms with Gasteiger partial charge in [0.2, 0.25) is 0 Å². The van der Waals surface area contributed by atoms with E-state index in [0.717, 1.165) is 5.56 Å². The van der Waals surface area contributed by atoms with Crippen LogP contribution in [0, 0.1) is 11.6 Å². The third-order valence-electron chi connectivity index (χ3n) is 3.38. The molecule has 3 nitrogen and oxygen atoms in total. The molecule has 0 radical (unpaired) electrons. The number of carbonyl (C=O) groups excluding carboxylic acids is 1. The molecule has 2 aromatic rings. The van der Waals surface area contributed by atoms with Crippen LogP contribution in [0.3, 0.4) is 0 Å². The van der Waals surface area contributed by atoms with Crippen LogP contribution in [-0.2, 0) is 11.2 Å². The molecule has 1 amide bonds. The summed E-state index contributed by atoms with van der Waals surface area (Å²) < 4.78 is 31.2. The molecule has 0 fully saturated rings. The zero-order chi connectivity index (χ0) is 16.7. The van der Waals surface area contributed by atoms with Crippen molar-refractivity contribution >= 4 is 5.91 Å². The smallest absolute Gasteiger partial charge is 0.261 e. The molecule has 122 valence electrons. The van der Waals surface area contributed by atoms with E-state index in [1.165, 1.54) is 36.4 Å². The summed E-state index contributed by atoms with van der Waals surface area (Å²) in [6.07, 6.45) is 0.479. The second-order valence-electron chi connectivity index (χ2n) is 5.14. The summed E-state index contributed by atoms with van der Waals surface area (Å²) in [6.45, 7) is 2.28. The molecule has 23 heavy (non-hydrogen) atoms. The Morgan fingerprint density at radius 1 is 1.04 bits per heavy atom. The van der Waals surface area contributed by atoms with E-state index < -0.39 is 6.10 Å². The van der Waals surface area contributed by atoms with Crippen molar-refractivity contribution < 1.29 is 18.3 Å². The van der Waals surface area contributed by atoms with Gasteiger partial charge in [-0.05, 0) is 54.8 Å². The van der Waals surface area contributed by atoms with Gasteiger partial charge < -0.3 is 10.1 Å². The lowest BCUT2D eigenvalue weighted by Gasteiger charge is -2.17. The Balaban J connectivity index is 1.82. The maximum atomic E-state index is 12.9. The zero-order valence-electron chi connectivity index (χ0n) is 12.9. The summed E-state index contributed by atoms with van der Waals surface area (Å²) in [5.74, 6) is -0.406. The number of halogens is 2. The van der Waals surface area contributed by atoms with Gasteiger partial charge in [0.05, 0.1) is 0 Å². The number of rotatable bonds is 7. The number of benzene rings is 2. The van der Waals surface area contributed by atoms with E-state index in [2.05, 4.69) is 5.32 Å². The molecule has 0 saturated carbocycles. The molecular weight excluding hydrogens is 300 g/mol. The average Bonchev–Trinajstić information content (AvgIpc) is 2.56. The summed E-state index contributed by atoms with van der Waals surface area (Å²) in [6, 6.07) is 11.7. The van der Waals surface area contributed by atoms with Gasteiger partial charge in [-0.15, -0.1) is 0 Å². The summed E-state index contributed by atoms with van der Waals surface area (Å²) in [4.78, 5) is 12.1. The predicted molar refractivity (Wildman–Crippen MR) is 84.2 cm³/mol. The van der Waals surface area contributed by atoms with Gasteiger partial charge in [-0.1, -0.05) is 19.1 Å². The molecule has 2 rings (SSSR count).